The molecule has 0 radical (unpaired) electrons. The lowest BCUT2D eigenvalue weighted by atomic mass is 10.4. The summed E-state index contributed by atoms with van der Waals surface area (Å²) >= 11 is 0. The minimum atomic E-state index is -0.651. The van der Waals surface area contributed by atoms with Crippen LogP contribution in [0.4, 0.5) is 10.7 Å². The van der Waals surface area contributed by atoms with Gasteiger partial charge in [0.1, 0.15) is 4.92 Å². The number of furan rings is 1. The second-order valence-electron chi connectivity index (χ2n) is 4.22. The van der Waals surface area contributed by atoms with Crippen LogP contribution in [-0.2, 0) is 0 Å². The van der Waals surface area contributed by atoms with Crippen molar-refractivity contribution in [2.45, 2.75) is 6.42 Å². The summed E-state index contributed by atoms with van der Waals surface area (Å²) in [5.74, 6) is -0.191. The van der Waals surface area contributed by atoms with Gasteiger partial charge in [-0.1, -0.05) is 0 Å². The van der Waals surface area contributed by atoms with Crippen LogP contribution >= 0.6 is 12.4 Å². The molecule has 1 rings (SSSR count). The molecule has 0 aromatic carbocycles. The van der Waals surface area contributed by atoms with Gasteiger partial charge in [0.05, 0.1) is 12.3 Å². The Hall–Kier alpha value is -2.13. The van der Waals surface area contributed by atoms with Gasteiger partial charge in [0, 0.05) is 6.54 Å². The van der Waals surface area contributed by atoms with E-state index in [9.17, 15) is 14.9 Å². The van der Waals surface area contributed by atoms with Crippen LogP contribution in [0.1, 0.15) is 12.2 Å². The number of carbonyl (C=O) groups excluding carboxylic acids is 1. The van der Waals surface area contributed by atoms with E-state index in [-0.39, 0.29) is 24.1 Å². The SMILES string of the molecule is CN(C)CCCNC(=O)NN=Cc1ccc([N+](=O)[O-])o1.Cl. The third-order valence-corrected chi connectivity index (χ3v) is 2.22. The fraction of sp³-hybridized carbons (Fsp3) is 0.455. The van der Waals surface area contributed by atoms with Gasteiger partial charge in [-0.2, -0.15) is 5.10 Å². The van der Waals surface area contributed by atoms with E-state index in [2.05, 4.69) is 15.8 Å². The Morgan fingerprint density at radius 2 is 2.24 bits per heavy atom. The largest absolute Gasteiger partial charge is 0.433 e. The molecule has 0 aliphatic rings. The van der Waals surface area contributed by atoms with E-state index in [0.29, 0.717) is 6.54 Å². The monoisotopic (exact) mass is 319 g/mol. The highest BCUT2D eigenvalue weighted by molar-refractivity contribution is 5.85. The fourth-order valence-electron chi connectivity index (χ4n) is 1.30. The van der Waals surface area contributed by atoms with Gasteiger partial charge in [-0.3, -0.25) is 10.1 Å². The van der Waals surface area contributed by atoms with Crippen molar-refractivity contribution in [2.24, 2.45) is 5.10 Å². The van der Waals surface area contributed by atoms with Crippen molar-refractivity contribution in [1.82, 2.24) is 15.6 Å². The lowest BCUT2D eigenvalue weighted by Crippen LogP contribution is -2.34. The molecule has 0 saturated heterocycles. The van der Waals surface area contributed by atoms with Crippen molar-refractivity contribution in [3.05, 3.63) is 28.0 Å². The van der Waals surface area contributed by atoms with Gasteiger partial charge in [-0.25, -0.2) is 10.2 Å². The molecule has 0 aliphatic heterocycles. The molecule has 10 heteroatoms. The molecule has 118 valence electrons. The van der Waals surface area contributed by atoms with Gasteiger partial charge in [-0.15, -0.1) is 12.4 Å². The first-order chi connectivity index (χ1) is 9.49. The molecule has 2 N–H and O–H groups in total. The molecule has 0 spiro atoms. The molecule has 0 fully saturated rings. The van der Waals surface area contributed by atoms with Crippen molar-refractivity contribution < 1.29 is 14.1 Å². The molecule has 0 unspecified atom stereocenters. The molecule has 1 aromatic heterocycles. The van der Waals surface area contributed by atoms with E-state index in [0.717, 1.165) is 13.0 Å². The van der Waals surface area contributed by atoms with Gasteiger partial charge in [0.15, 0.2) is 5.76 Å². The van der Waals surface area contributed by atoms with Crippen molar-refractivity contribution in [1.29, 1.82) is 0 Å². The molecule has 1 aromatic rings. The zero-order valence-corrected chi connectivity index (χ0v) is 12.6. The summed E-state index contributed by atoms with van der Waals surface area (Å²) in [6.07, 6.45) is 2.01. The van der Waals surface area contributed by atoms with E-state index in [4.69, 9.17) is 4.42 Å². The Balaban J connectivity index is 0.00000400. The van der Waals surface area contributed by atoms with Crippen LogP contribution in [0, 0.1) is 10.1 Å². The smallest absolute Gasteiger partial charge is 0.400 e. The Labute approximate surface area is 127 Å². The standard InChI is InChI=1S/C11H17N5O4.ClH/c1-15(2)7-3-6-12-11(17)14-13-8-9-4-5-10(20-9)16(18)19;/h4-5,8H,3,6-7H2,1-2H3,(H2,12,14,17);1H. The predicted molar refractivity (Wildman–Crippen MR) is 79.9 cm³/mol. The number of nitro groups is 1. The van der Waals surface area contributed by atoms with Gasteiger partial charge in [0.25, 0.3) is 0 Å². The van der Waals surface area contributed by atoms with Crippen molar-refractivity contribution in [2.75, 3.05) is 27.2 Å². The lowest BCUT2D eigenvalue weighted by Gasteiger charge is -2.09. The average molecular weight is 320 g/mol. The van der Waals surface area contributed by atoms with Crippen LogP contribution in [0.15, 0.2) is 21.7 Å². The van der Waals surface area contributed by atoms with Crippen LogP contribution < -0.4 is 10.7 Å². The van der Waals surface area contributed by atoms with E-state index in [1.54, 1.807) is 0 Å². The highest BCUT2D eigenvalue weighted by Gasteiger charge is 2.10. The second kappa shape index (κ2) is 9.72. The Morgan fingerprint density at radius 3 is 2.81 bits per heavy atom. The van der Waals surface area contributed by atoms with Crippen molar-refractivity contribution >= 4 is 30.5 Å². The molecule has 21 heavy (non-hydrogen) atoms. The molecule has 0 atom stereocenters. The quantitative estimate of drug-likeness (QED) is 0.339. The number of hydrazone groups is 1. The summed E-state index contributed by atoms with van der Waals surface area (Å²) in [5.41, 5.74) is 2.23. The highest BCUT2D eigenvalue weighted by Crippen LogP contribution is 2.13. The number of urea groups is 1. The average Bonchev–Trinajstić information content (AvgIpc) is 2.83. The van der Waals surface area contributed by atoms with E-state index in [1.807, 2.05) is 19.0 Å². The van der Waals surface area contributed by atoms with Crippen molar-refractivity contribution in [3.63, 3.8) is 0 Å². The summed E-state index contributed by atoms with van der Waals surface area (Å²) in [4.78, 5) is 23.0. The zero-order chi connectivity index (χ0) is 15.0. The van der Waals surface area contributed by atoms with E-state index in [1.165, 1.54) is 18.3 Å². The predicted octanol–water partition coefficient (Wildman–Crippen LogP) is 1.19. The van der Waals surface area contributed by atoms with E-state index >= 15 is 0 Å². The summed E-state index contributed by atoms with van der Waals surface area (Å²) in [6, 6.07) is 2.15. The summed E-state index contributed by atoms with van der Waals surface area (Å²) in [6.45, 7) is 1.41. The van der Waals surface area contributed by atoms with Crippen LogP contribution in [0.5, 0.6) is 0 Å². The molecule has 0 saturated carbocycles. The number of halogens is 1. The first-order valence-corrected chi connectivity index (χ1v) is 5.95. The first kappa shape index (κ1) is 18.9. The number of hydrogen-bond acceptors (Lipinski definition) is 6. The van der Waals surface area contributed by atoms with Crippen molar-refractivity contribution in [3.8, 4) is 0 Å². The Bertz CT molecular complexity index is 489. The molecular formula is C11H18ClN5O4. The van der Waals surface area contributed by atoms with Crippen LogP contribution in [0.3, 0.4) is 0 Å². The molecule has 9 nitrogen and oxygen atoms in total. The molecule has 1 heterocycles. The maximum Gasteiger partial charge on any atom is 0.433 e. The number of nitrogens with zero attached hydrogens (tertiary/aromatic N) is 3. The van der Waals surface area contributed by atoms with Crippen LogP contribution in [0.25, 0.3) is 0 Å². The highest BCUT2D eigenvalue weighted by atomic mass is 35.5. The summed E-state index contributed by atoms with van der Waals surface area (Å²) < 4.78 is 4.83. The third kappa shape index (κ3) is 7.90. The van der Waals surface area contributed by atoms with Gasteiger partial charge in [0.2, 0.25) is 0 Å². The lowest BCUT2D eigenvalue weighted by molar-refractivity contribution is -0.402. The fourth-order valence-corrected chi connectivity index (χ4v) is 1.30. The number of carbonyl (C=O) groups is 1. The van der Waals surface area contributed by atoms with Crippen LogP contribution in [-0.4, -0.2) is 49.3 Å². The molecule has 0 bridgehead atoms. The number of amides is 2. The Morgan fingerprint density at radius 1 is 1.52 bits per heavy atom. The summed E-state index contributed by atoms with van der Waals surface area (Å²) in [5, 5.41) is 16.6. The molecular weight excluding hydrogens is 302 g/mol. The summed E-state index contributed by atoms with van der Waals surface area (Å²) in [7, 11) is 3.90. The Kier molecular flexibility index (Phi) is 8.74. The van der Waals surface area contributed by atoms with E-state index < -0.39 is 11.0 Å². The number of rotatable bonds is 7. The third-order valence-electron chi connectivity index (χ3n) is 2.22. The molecule has 2 amide bonds. The van der Waals surface area contributed by atoms with Gasteiger partial charge in [-0.05, 0) is 33.1 Å². The minimum Gasteiger partial charge on any atom is -0.400 e. The molecule has 0 aliphatic carbocycles. The maximum absolute atomic E-state index is 11.3. The topological polar surface area (TPSA) is 113 Å². The van der Waals surface area contributed by atoms with Gasteiger partial charge < -0.3 is 14.6 Å². The zero-order valence-electron chi connectivity index (χ0n) is 11.7. The maximum atomic E-state index is 11.3. The number of hydrogen-bond donors (Lipinski definition) is 2. The second-order valence-corrected chi connectivity index (χ2v) is 4.22. The normalized spacial score (nSPS) is 10.4. The number of nitrogens with one attached hydrogen (secondary N) is 2. The van der Waals surface area contributed by atoms with Gasteiger partial charge >= 0.3 is 11.9 Å². The van der Waals surface area contributed by atoms with Crippen LogP contribution in [0.2, 0.25) is 0 Å². The minimum absolute atomic E-state index is 0. The first-order valence-electron chi connectivity index (χ1n) is 5.95.